The Kier molecular flexibility index (Phi) is 8.35. The van der Waals surface area contributed by atoms with Crippen molar-refractivity contribution in [3.63, 3.8) is 0 Å². The van der Waals surface area contributed by atoms with Crippen LogP contribution in [0.2, 0.25) is 0 Å². The lowest BCUT2D eigenvalue weighted by Gasteiger charge is -2.33. The summed E-state index contributed by atoms with van der Waals surface area (Å²) in [5, 5.41) is 11.4. The summed E-state index contributed by atoms with van der Waals surface area (Å²) < 4.78 is 57.1. The second-order valence-electron chi connectivity index (χ2n) is 10.0. The topological polar surface area (TPSA) is 108 Å². The molecule has 12 heteroatoms. The number of carboxylic acid groups (broad SMARTS) is 1. The fourth-order valence-electron chi connectivity index (χ4n) is 5.14. The van der Waals surface area contributed by atoms with Crippen molar-refractivity contribution in [2.45, 2.75) is 45.1 Å². The van der Waals surface area contributed by atoms with E-state index in [-0.39, 0.29) is 30.2 Å². The molecule has 2 aromatic heterocycles. The molecule has 1 N–H and O–H groups in total. The van der Waals surface area contributed by atoms with E-state index in [1.807, 2.05) is 18.2 Å². The molecule has 0 spiro atoms. The molecule has 0 saturated heterocycles. The molecule has 2 aromatic carbocycles. The van der Waals surface area contributed by atoms with Crippen LogP contribution in [-0.2, 0) is 27.1 Å². The smallest absolute Gasteiger partial charge is 0.434 e. The quantitative estimate of drug-likeness (QED) is 0.223. The van der Waals surface area contributed by atoms with E-state index in [1.54, 1.807) is 31.2 Å². The first-order chi connectivity index (χ1) is 20.0. The molecule has 2 heterocycles. The number of hydrogen-bond acceptors (Lipinski definition) is 8. The van der Waals surface area contributed by atoms with Crippen molar-refractivity contribution in [3.8, 4) is 22.2 Å². The lowest BCUT2D eigenvalue weighted by Crippen LogP contribution is -2.40. The molecule has 0 radical (unpaired) electrons. The zero-order valence-corrected chi connectivity index (χ0v) is 23.5. The highest BCUT2D eigenvalue weighted by atomic mass is 32.1. The first-order valence-corrected chi connectivity index (χ1v) is 14.0. The van der Waals surface area contributed by atoms with Gasteiger partial charge >= 0.3 is 18.1 Å². The summed E-state index contributed by atoms with van der Waals surface area (Å²) in [5.41, 5.74) is 1.07. The third-order valence-corrected chi connectivity index (χ3v) is 8.18. The van der Waals surface area contributed by atoms with Gasteiger partial charge in [0.1, 0.15) is 28.8 Å². The minimum Gasteiger partial charge on any atom is -0.496 e. The number of carbonyl (C=O) groups excluding carboxylic acids is 1. The number of carbonyl (C=O) groups is 2. The van der Waals surface area contributed by atoms with Gasteiger partial charge in [0.25, 0.3) is 0 Å². The highest BCUT2D eigenvalue weighted by molar-refractivity contribution is 7.13. The Morgan fingerprint density at radius 2 is 1.81 bits per heavy atom. The second kappa shape index (κ2) is 12.0. The Hall–Kier alpha value is -4.19. The minimum absolute atomic E-state index is 0.0151. The molecule has 0 unspecified atom stereocenters. The molecule has 3 atom stereocenters. The maximum absolute atomic E-state index is 13.3. The summed E-state index contributed by atoms with van der Waals surface area (Å²) in [6.45, 7) is 1.79. The predicted molar refractivity (Wildman–Crippen MR) is 148 cm³/mol. The summed E-state index contributed by atoms with van der Waals surface area (Å²) in [5.74, 6) is -2.70. The van der Waals surface area contributed by atoms with Gasteiger partial charge in [-0.1, -0.05) is 30.3 Å². The number of ether oxygens (including phenoxy) is 3. The maximum Gasteiger partial charge on any atom is 0.434 e. The zero-order valence-electron chi connectivity index (χ0n) is 22.7. The molecule has 1 aliphatic carbocycles. The molecule has 4 aromatic rings. The van der Waals surface area contributed by atoms with E-state index in [2.05, 4.69) is 9.97 Å². The number of carboxylic acids is 1. The Bertz CT molecular complexity index is 1610. The van der Waals surface area contributed by atoms with Crippen LogP contribution in [0.1, 0.15) is 36.1 Å². The van der Waals surface area contributed by atoms with Crippen molar-refractivity contribution in [1.29, 1.82) is 0 Å². The van der Waals surface area contributed by atoms with E-state index in [1.165, 1.54) is 13.2 Å². The van der Waals surface area contributed by atoms with Crippen LogP contribution in [0.3, 0.4) is 0 Å². The predicted octanol–water partition coefficient (Wildman–Crippen LogP) is 6.69. The van der Waals surface area contributed by atoms with E-state index < -0.39 is 41.7 Å². The normalized spacial score (nSPS) is 18.9. The van der Waals surface area contributed by atoms with Gasteiger partial charge in [0, 0.05) is 22.4 Å². The van der Waals surface area contributed by atoms with Crippen molar-refractivity contribution < 1.29 is 42.1 Å². The zero-order chi connectivity index (χ0) is 30.0. The van der Waals surface area contributed by atoms with Gasteiger partial charge in [-0.2, -0.15) is 13.2 Å². The Labute approximate surface area is 243 Å². The van der Waals surface area contributed by atoms with E-state index >= 15 is 0 Å². The van der Waals surface area contributed by atoms with Gasteiger partial charge < -0.3 is 19.3 Å². The number of fused-ring (bicyclic) bond motifs is 1. The number of rotatable bonds is 8. The fraction of sp³-hybridized carbons (Fsp3) is 0.333. The van der Waals surface area contributed by atoms with E-state index in [0.717, 1.165) is 22.3 Å². The van der Waals surface area contributed by atoms with Crippen LogP contribution in [-0.4, -0.2) is 40.2 Å². The minimum atomic E-state index is -4.60. The van der Waals surface area contributed by atoms with Crippen molar-refractivity contribution in [2.24, 2.45) is 11.8 Å². The summed E-state index contributed by atoms with van der Waals surface area (Å²) in [4.78, 5) is 33.4. The lowest BCUT2D eigenvalue weighted by atomic mass is 9.78. The van der Waals surface area contributed by atoms with E-state index in [4.69, 9.17) is 14.2 Å². The van der Waals surface area contributed by atoms with Gasteiger partial charge in [-0.05, 0) is 43.9 Å². The van der Waals surface area contributed by atoms with Crippen LogP contribution in [0, 0.1) is 18.8 Å². The number of aromatic nitrogens is 2. The molecule has 1 saturated carbocycles. The highest BCUT2D eigenvalue weighted by Gasteiger charge is 2.41. The third kappa shape index (κ3) is 6.18. The maximum atomic E-state index is 13.3. The number of aryl methyl sites for hydroxylation is 1. The first-order valence-electron chi connectivity index (χ1n) is 13.2. The number of benzene rings is 2. The number of esters is 1. The lowest BCUT2D eigenvalue weighted by molar-refractivity contribution is -0.162. The molecule has 220 valence electrons. The summed E-state index contributed by atoms with van der Waals surface area (Å²) >= 11 is 0.813. The molecular formula is C30H27F3N2O6S. The van der Waals surface area contributed by atoms with Crippen molar-refractivity contribution in [1.82, 2.24) is 9.97 Å². The standard InChI is InChI=1S/C30H27F3N2O6S/c1-16-23(39-2)11-10-20-24(13-22(34-26(16)20)27-35-25(15-42-27)30(31,32)33)41-18-8-9-19(28(36)37)21(12-18)29(38)40-14-17-6-4-3-5-7-17/h3-7,10-11,13,15,18-19,21H,8-9,12,14H2,1-2H3,(H,36,37)/t18-,19-,21-/m1/s1. The molecular weight excluding hydrogens is 573 g/mol. The molecule has 1 aliphatic rings. The highest BCUT2D eigenvalue weighted by Crippen LogP contribution is 2.40. The summed E-state index contributed by atoms with van der Waals surface area (Å²) in [7, 11) is 1.50. The van der Waals surface area contributed by atoms with Crippen LogP contribution in [0.15, 0.2) is 53.9 Å². The van der Waals surface area contributed by atoms with Crippen LogP contribution in [0.25, 0.3) is 21.6 Å². The molecule has 42 heavy (non-hydrogen) atoms. The number of pyridine rings is 1. The average Bonchev–Trinajstić information content (AvgIpc) is 3.48. The number of aliphatic carboxylic acids is 1. The number of alkyl halides is 3. The average molecular weight is 601 g/mol. The Morgan fingerprint density at radius 3 is 2.48 bits per heavy atom. The number of nitrogens with zero attached hydrogens (tertiary/aromatic N) is 2. The van der Waals surface area contributed by atoms with E-state index in [9.17, 15) is 27.9 Å². The SMILES string of the molecule is COc1ccc2c(O[C@@H]3CC[C@@H](C(=O)O)[C@H](C(=O)OCc4ccccc4)C3)cc(-c3nc(C(F)(F)F)cs3)nc2c1C. The van der Waals surface area contributed by atoms with E-state index in [0.29, 0.717) is 34.4 Å². The molecule has 0 bridgehead atoms. The summed E-state index contributed by atoms with van der Waals surface area (Å²) in [6.07, 6.45) is -4.53. The van der Waals surface area contributed by atoms with Gasteiger partial charge in [0.05, 0.1) is 30.6 Å². The molecule has 8 nitrogen and oxygen atoms in total. The Balaban J connectivity index is 1.45. The largest absolute Gasteiger partial charge is 0.496 e. The molecule has 0 aliphatic heterocycles. The number of thiazole rings is 1. The van der Waals surface area contributed by atoms with Gasteiger partial charge in [-0.15, -0.1) is 11.3 Å². The number of halogens is 3. The van der Waals surface area contributed by atoms with Crippen molar-refractivity contribution in [3.05, 3.63) is 70.7 Å². The van der Waals surface area contributed by atoms with Crippen molar-refractivity contribution >= 4 is 34.2 Å². The second-order valence-corrected chi connectivity index (χ2v) is 10.9. The van der Waals surface area contributed by atoms with Crippen molar-refractivity contribution in [2.75, 3.05) is 7.11 Å². The van der Waals surface area contributed by atoms with Gasteiger partial charge in [0.2, 0.25) is 0 Å². The molecule has 0 amide bonds. The van der Waals surface area contributed by atoms with Gasteiger partial charge in [-0.3, -0.25) is 9.59 Å². The van der Waals surface area contributed by atoms with Gasteiger partial charge in [-0.25, -0.2) is 9.97 Å². The Morgan fingerprint density at radius 1 is 1.05 bits per heavy atom. The van der Waals surface area contributed by atoms with Crippen LogP contribution in [0.5, 0.6) is 11.5 Å². The van der Waals surface area contributed by atoms with Gasteiger partial charge in [0.15, 0.2) is 5.69 Å². The molecule has 1 fully saturated rings. The van der Waals surface area contributed by atoms with Crippen LogP contribution in [0.4, 0.5) is 13.2 Å². The summed E-state index contributed by atoms with van der Waals surface area (Å²) in [6, 6.07) is 14.1. The monoisotopic (exact) mass is 600 g/mol. The van der Waals surface area contributed by atoms with Crippen LogP contribution < -0.4 is 9.47 Å². The third-order valence-electron chi connectivity index (χ3n) is 7.32. The molecule has 5 rings (SSSR count). The number of methoxy groups -OCH3 is 1. The first kappa shape index (κ1) is 29.3. The fourth-order valence-corrected chi connectivity index (χ4v) is 5.93. The number of hydrogen-bond donors (Lipinski definition) is 1. The van der Waals surface area contributed by atoms with Crippen LogP contribution >= 0.6 is 11.3 Å².